The molecule has 1 aromatic carbocycles. The van der Waals surface area contributed by atoms with E-state index in [2.05, 4.69) is 29.2 Å². The zero-order valence-electron chi connectivity index (χ0n) is 18.4. The van der Waals surface area contributed by atoms with Crippen molar-refractivity contribution in [2.75, 3.05) is 39.3 Å². The maximum atomic E-state index is 12.4. The van der Waals surface area contributed by atoms with Crippen LogP contribution in [0.4, 0.5) is 4.79 Å². The van der Waals surface area contributed by atoms with Gasteiger partial charge in [-0.25, -0.2) is 4.79 Å². The minimum Gasteiger partial charge on any atom is -0.444 e. The molecule has 0 aromatic heterocycles. The highest BCUT2D eigenvalue weighted by Gasteiger charge is 2.37. The summed E-state index contributed by atoms with van der Waals surface area (Å²) < 4.78 is 11.3. The van der Waals surface area contributed by atoms with E-state index in [0.29, 0.717) is 18.4 Å². The molecule has 1 amide bonds. The van der Waals surface area contributed by atoms with Crippen molar-refractivity contribution in [3.8, 4) is 0 Å². The zero-order valence-corrected chi connectivity index (χ0v) is 18.4. The summed E-state index contributed by atoms with van der Waals surface area (Å²) in [6, 6.07) is 10.4. The highest BCUT2D eigenvalue weighted by atomic mass is 16.6. The number of fused-ring (bicyclic) bond motifs is 2. The van der Waals surface area contributed by atoms with E-state index >= 15 is 0 Å². The molecule has 29 heavy (non-hydrogen) atoms. The summed E-state index contributed by atoms with van der Waals surface area (Å²) in [6.45, 7) is 12.4. The Labute approximate surface area is 176 Å². The van der Waals surface area contributed by atoms with Crippen LogP contribution in [0.1, 0.15) is 52.0 Å². The van der Waals surface area contributed by atoms with Crippen LogP contribution in [0.3, 0.4) is 0 Å². The fourth-order valence-corrected chi connectivity index (χ4v) is 4.53. The molecular formula is C24H38N2O3. The van der Waals surface area contributed by atoms with Gasteiger partial charge in [0, 0.05) is 32.8 Å². The molecule has 5 heteroatoms. The Hall–Kier alpha value is -1.59. The predicted octanol–water partition coefficient (Wildman–Crippen LogP) is 4.56. The van der Waals surface area contributed by atoms with Crippen LogP contribution in [0.2, 0.25) is 0 Å². The summed E-state index contributed by atoms with van der Waals surface area (Å²) in [5.41, 5.74) is 0.827. The molecule has 0 spiro atoms. The van der Waals surface area contributed by atoms with Crippen molar-refractivity contribution in [3.05, 3.63) is 35.9 Å². The number of ether oxygens (including phenoxy) is 2. The Morgan fingerprint density at radius 3 is 2.34 bits per heavy atom. The zero-order chi connectivity index (χ0) is 20.7. The van der Waals surface area contributed by atoms with Crippen molar-refractivity contribution < 1.29 is 14.3 Å². The smallest absolute Gasteiger partial charge is 0.410 e. The molecule has 3 rings (SSSR count). The number of rotatable bonds is 8. The number of amides is 1. The standard InChI is InChI=1S/C24H38N2O3/c1-24(2,3)29-23(27)26-17-21-14-22(18-26)16-25(15-21)12-8-5-9-13-28-19-20-10-6-4-7-11-20/h4,6-7,10-11,21-22H,5,8-9,12-19H2,1-3H3. The lowest BCUT2D eigenvalue weighted by Crippen LogP contribution is -2.54. The molecule has 2 unspecified atom stereocenters. The number of piperidine rings is 2. The molecule has 2 aliphatic rings. The van der Waals surface area contributed by atoms with Gasteiger partial charge < -0.3 is 19.3 Å². The van der Waals surface area contributed by atoms with Crippen LogP contribution in [0.15, 0.2) is 30.3 Å². The van der Waals surface area contributed by atoms with Crippen molar-refractivity contribution in [2.24, 2.45) is 11.8 Å². The minimum absolute atomic E-state index is 0.142. The first-order valence-corrected chi connectivity index (χ1v) is 11.2. The van der Waals surface area contributed by atoms with Gasteiger partial charge in [0.1, 0.15) is 5.60 Å². The second-order valence-corrected chi connectivity index (χ2v) is 9.71. The van der Waals surface area contributed by atoms with Gasteiger partial charge in [0.05, 0.1) is 6.61 Å². The summed E-state index contributed by atoms with van der Waals surface area (Å²) in [7, 11) is 0. The van der Waals surface area contributed by atoms with Crippen molar-refractivity contribution >= 4 is 6.09 Å². The largest absolute Gasteiger partial charge is 0.444 e. The molecule has 0 radical (unpaired) electrons. The third-order valence-electron chi connectivity index (χ3n) is 5.68. The molecule has 2 bridgehead atoms. The van der Waals surface area contributed by atoms with Gasteiger partial charge in [0.25, 0.3) is 0 Å². The van der Waals surface area contributed by atoms with E-state index in [0.717, 1.165) is 45.8 Å². The van der Waals surface area contributed by atoms with E-state index in [9.17, 15) is 4.79 Å². The highest BCUT2D eigenvalue weighted by molar-refractivity contribution is 5.68. The van der Waals surface area contributed by atoms with Crippen molar-refractivity contribution in [2.45, 2.75) is 58.7 Å². The molecule has 0 saturated carbocycles. The van der Waals surface area contributed by atoms with Crippen LogP contribution in [0.5, 0.6) is 0 Å². The maximum Gasteiger partial charge on any atom is 0.410 e. The summed E-state index contributed by atoms with van der Waals surface area (Å²) in [4.78, 5) is 16.9. The van der Waals surface area contributed by atoms with Gasteiger partial charge in [-0.2, -0.15) is 0 Å². The lowest BCUT2D eigenvalue weighted by Gasteiger charge is -2.45. The summed E-state index contributed by atoms with van der Waals surface area (Å²) >= 11 is 0. The van der Waals surface area contributed by atoms with E-state index in [-0.39, 0.29) is 6.09 Å². The molecule has 5 nitrogen and oxygen atoms in total. The Bertz CT molecular complexity index is 615. The number of hydrogen-bond donors (Lipinski definition) is 0. The average Bonchev–Trinajstić information content (AvgIpc) is 2.66. The Morgan fingerprint density at radius 2 is 1.69 bits per heavy atom. The molecule has 0 aliphatic carbocycles. The maximum absolute atomic E-state index is 12.4. The Kier molecular flexibility index (Phi) is 7.96. The van der Waals surface area contributed by atoms with Crippen LogP contribution >= 0.6 is 0 Å². The number of nitrogens with zero attached hydrogens (tertiary/aromatic N) is 2. The molecule has 162 valence electrons. The number of carbonyl (C=O) groups is 1. The second kappa shape index (κ2) is 10.4. The van der Waals surface area contributed by atoms with Crippen LogP contribution in [-0.2, 0) is 16.1 Å². The monoisotopic (exact) mass is 402 g/mol. The molecule has 0 N–H and O–H groups in total. The lowest BCUT2D eigenvalue weighted by atomic mass is 9.84. The molecule has 1 aromatic rings. The van der Waals surface area contributed by atoms with Gasteiger partial charge in [-0.1, -0.05) is 30.3 Å². The Balaban J connectivity index is 1.28. The lowest BCUT2D eigenvalue weighted by molar-refractivity contribution is -0.00975. The average molecular weight is 403 g/mol. The highest BCUT2D eigenvalue weighted by Crippen LogP contribution is 2.29. The van der Waals surface area contributed by atoms with Gasteiger partial charge in [-0.3, -0.25) is 0 Å². The van der Waals surface area contributed by atoms with Crippen molar-refractivity contribution in [1.82, 2.24) is 9.80 Å². The Morgan fingerprint density at radius 1 is 1.00 bits per heavy atom. The molecule has 2 fully saturated rings. The first kappa shape index (κ1) is 22.1. The molecule has 2 aliphatic heterocycles. The van der Waals surface area contributed by atoms with Crippen LogP contribution in [0.25, 0.3) is 0 Å². The fraction of sp³-hybridized carbons (Fsp3) is 0.708. The number of hydrogen-bond acceptors (Lipinski definition) is 4. The summed E-state index contributed by atoms with van der Waals surface area (Å²) in [5.74, 6) is 1.17. The fourth-order valence-electron chi connectivity index (χ4n) is 4.53. The van der Waals surface area contributed by atoms with Gasteiger partial charge in [0.15, 0.2) is 0 Å². The quantitative estimate of drug-likeness (QED) is 0.598. The van der Waals surface area contributed by atoms with Crippen LogP contribution in [0, 0.1) is 11.8 Å². The second-order valence-electron chi connectivity index (χ2n) is 9.71. The number of carbonyl (C=O) groups excluding carboxylic acids is 1. The number of benzene rings is 1. The van der Waals surface area contributed by atoms with Crippen molar-refractivity contribution in [1.29, 1.82) is 0 Å². The van der Waals surface area contributed by atoms with Gasteiger partial charge in [-0.05, 0) is 70.4 Å². The predicted molar refractivity (Wildman–Crippen MR) is 116 cm³/mol. The van der Waals surface area contributed by atoms with E-state index in [1.807, 2.05) is 31.7 Å². The van der Waals surface area contributed by atoms with Gasteiger partial charge >= 0.3 is 6.09 Å². The third-order valence-corrected chi connectivity index (χ3v) is 5.68. The normalized spacial score (nSPS) is 22.5. The van der Waals surface area contributed by atoms with Gasteiger partial charge in [0.2, 0.25) is 0 Å². The number of unbranched alkanes of at least 4 members (excludes halogenated alkanes) is 2. The minimum atomic E-state index is -0.416. The summed E-state index contributed by atoms with van der Waals surface area (Å²) in [6.07, 6.45) is 4.67. The first-order chi connectivity index (χ1) is 13.9. The molecule has 2 saturated heterocycles. The first-order valence-electron chi connectivity index (χ1n) is 11.2. The molecule has 2 atom stereocenters. The van der Waals surface area contributed by atoms with Crippen LogP contribution in [-0.4, -0.2) is 60.8 Å². The molecular weight excluding hydrogens is 364 g/mol. The SMILES string of the molecule is CC(C)(C)OC(=O)N1CC2CC(CN(CCCCCOCc3ccccc3)C2)C1. The third kappa shape index (κ3) is 7.63. The van der Waals surface area contributed by atoms with Crippen molar-refractivity contribution in [3.63, 3.8) is 0 Å². The molecule has 2 heterocycles. The van der Waals surface area contributed by atoms with Gasteiger partial charge in [-0.15, -0.1) is 0 Å². The van der Waals surface area contributed by atoms with E-state index in [4.69, 9.17) is 9.47 Å². The number of likely N-dealkylation sites (tertiary alicyclic amines) is 2. The van der Waals surface area contributed by atoms with E-state index < -0.39 is 5.60 Å². The topological polar surface area (TPSA) is 42.0 Å². The van der Waals surface area contributed by atoms with E-state index in [1.165, 1.54) is 24.8 Å². The van der Waals surface area contributed by atoms with Crippen LogP contribution < -0.4 is 0 Å². The van der Waals surface area contributed by atoms with E-state index in [1.54, 1.807) is 0 Å². The summed E-state index contributed by atoms with van der Waals surface area (Å²) in [5, 5.41) is 0.